The molecule has 2 atom stereocenters. The van der Waals surface area contributed by atoms with E-state index in [0.717, 1.165) is 24.9 Å². The van der Waals surface area contributed by atoms with Gasteiger partial charge in [0.15, 0.2) is 5.11 Å². The lowest BCUT2D eigenvalue weighted by Crippen LogP contribution is -2.44. The standard InChI is InChI=1S/C19H22N2OS/c1-21(13-14-7-3-2-4-8-14)19(23)20-18-16-10-6-5-9-15(16)11-12-17(18)22/h2-10,17-18,22H,11-13H2,1H3,(H,20,23)/t17-,18?/m0/s1. The Hall–Kier alpha value is -1.91. The van der Waals surface area contributed by atoms with Crippen LogP contribution in [-0.4, -0.2) is 28.3 Å². The van der Waals surface area contributed by atoms with Crippen LogP contribution in [0.25, 0.3) is 0 Å². The fraction of sp³-hybridized carbons (Fsp3) is 0.316. The molecule has 0 radical (unpaired) electrons. The number of aryl methyl sites for hydroxylation is 1. The fourth-order valence-corrected chi connectivity index (χ4v) is 3.28. The van der Waals surface area contributed by atoms with E-state index in [9.17, 15) is 5.11 Å². The highest BCUT2D eigenvalue weighted by molar-refractivity contribution is 7.80. The van der Waals surface area contributed by atoms with Gasteiger partial charge in [0.2, 0.25) is 0 Å². The Labute approximate surface area is 142 Å². The topological polar surface area (TPSA) is 35.5 Å². The van der Waals surface area contributed by atoms with E-state index in [2.05, 4.69) is 29.6 Å². The smallest absolute Gasteiger partial charge is 0.169 e. The van der Waals surface area contributed by atoms with Gasteiger partial charge in [-0.3, -0.25) is 0 Å². The summed E-state index contributed by atoms with van der Waals surface area (Å²) in [5.41, 5.74) is 3.66. The predicted octanol–water partition coefficient (Wildman–Crippen LogP) is 3.04. The number of nitrogens with one attached hydrogen (secondary N) is 1. The zero-order chi connectivity index (χ0) is 16.2. The second-order valence-corrected chi connectivity index (χ2v) is 6.46. The summed E-state index contributed by atoms with van der Waals surface area (Å²) in [6.07, 6.45) is 1.27. The summed E-state index contributed by atoms with van der Waals surface area (Å²) < 4.78 is 0. The second kappa shape index (κ2) is 7.11. The molecule has 0 heterocycles. The molecule has 2 aromatic rings. The Morgan fingerprint density at radius 2 is 1.87 bits per heavy atom. The number of benzene rings is 2. The number of hydrogen-bond acceptors (Lipinski definition) is 2. The Morgan fingerprint density at radius 1 is 1.17 bits per heavy atom. The Morgan fingerprint density at radius 3 is 2.65 bits per heavy atom. The molecule has 0 amide bonds. The molecule has 0 spiro atoms. The first-order valence-corrected chi connectivity index (χ1v) is 8.37. The van der Waals surface area contributed by atoms with Crippen LogP contribution in [-0.2, 0) is 13.0 Å². The van der Waals surface area contributed by atoms with Crippen molar-refractivity contribution in [3.63, 3.8) is 0 Å². The summed E-state index contributed by atoms with van der Waals surface area (Å²) in [5.74, 6) is 0. The molecule has 0 saturated carbocycles. The molecule has 2 aromatic carbocycles. The number of nitrogens with zero attached hydrogens (tertiary/aromatic N) is 1. The minimum absolute atomic E-state index is 0.134. The molecule has 3 nitrogen and oxygen atoms in total. The highest BCUT2D eigenvalue weighted by atomic mass is 32.1. The molecule has 0 aliphatic heterocycles. The number of aliphatic hydroxyl groups excluding tert-OH is 1. The van der Waals surface area contributed by atoms with Crippen molar-refractivity contribution in [3.05, 3.63) is 71.3 Å². The van der Waals surface area contributed by atoms with Gasteiger partial charge in [-0.2, -0.15) is 0 Å². The van der Waals surface area contributed by atoms with E-state index in [1.807, 2.05) is 42.3 Å². The van der Waals surface area contributed by atoms with Gasteiger partial charge in [0.25, 0.3) is 0 Å². The molecule has 3 rings (SSSR count). The van der Waals surface area contributed by atoms with Gasteiger partial charge in [0.05, 0.1) is 12.1 Å². The predicted molar refractivity (Wildman–Crippen MR) is 97.2 cm³/mol. The van der Waals surface area contributed by atoms with E-state index in [-0.39, 0.29) is 6.04 Å². The molecule has 0 bridgehead atoms. The zero-order valence-electron chi connectivity index (χ0n) is 13.3. The van der Waals surface area contributed by atoms with Crippen LogP contribution in [0.15, 0.2) is 54.6 Å². The SMILES string of the molecule is CN(Cc1ccccc1)C(=S)NC1c2ccccc2CC[C@@H]1O. The molecule has 120 valence electrons. The Kier molecular flexibility index (Phi) is 4.94. The van der Waals surface area contributed by atoms with Gasteiger partial charge in [-0.15, -0.1) is 0 Å². The zero-order valence-corrected chi connectivity index (χ0v) is 14.1. The second-order valence-electron chi connectivity index (χ2n) is 6.07. The molecular formula is C19H22N2OS. The van der Waals surface area contributed by atoms with Crippen LogP contribution < -0.4 is 5.32 Å². The molecule has 4 heteroatoms. The number of thiocarbonyl (C=S) groups is 1. The third kappa shape index (κ3) is 3.71. The normalized spacial score (nSPS) is 19.7. The summed E-state index contributed by atoms with van der Waals surface area (Å²) in [5, 5.41) is 14.4. The molecule has 0 saturated heterocycles. The van der Waals surface area contributed by atoms with E-state index < -0.39 is 6.10 Å². The van der Waals surface area contributed by atoms with Crippen LogP contribution in [0.3, 0.4) is 0 Å². The summed E-state index contributed by atoms with van der Waals surface area (Å²) in [4.78, 5) is 2.01. The molecular weight excluding hydrogens is 304 g/mol. The maximum absolute atomic E-state index is 10.4. The molecule has 1 aliphatic carbocycles. The van der Waals surface area contributed by atoms with Crippen molar-refractivity contribution in [3.8, 4) is 0 Å². The molecule has 0 fully saturated rings. The van der Waals surface area contributed by atoms with Gasteiger partial charge in [-0.1, -0.05) is 54.6 Å². The van der Waals surface area contributed by atoms with Crippen LogP contribution >= 0.6 is 12.2 Å². The maximum Gasteiger partial charge on any atom is 0.169 e. The fourth-order valence-electron chi connectivity index (χ4n) is 3.09. The summed E-state index contributed by atoms with van der Waals surface area (Å²) in [6.45, 7) is 0.747. The first kappa shape index (κ1) is 16.0. The number of rotatable bonds is 3. The highest BCUT2D eigenvalue weighted by Crippen LogP contribution is 2.30. The molecule has 0 aromatic heterocycles. The average molecular weight is 326 g/mol. The van der Waals surface area contributed by atoms with Gasteiger partial charge in [0.1, 0.15) is 0 Å². The average Bonchev–Trinajstić information content (AvgIpc) is 2.58. The van der Waals surface area contributed by atoms with Crippen LogP contribution in [0.2, 0.25) is 0 Å². The van der Waals surface area contributed by atoms with E-state index >= 15 is 0 Å². The van der Waals surface area contributed by atoms with Crippen molar-refractivity contribution < 1.29 is 5.11 Å². The largest absolute Gasteiger partial charge is 0.391 e. The summed E-state index contributed by atoms with van der Waals surface area (Å²) in [6, 6.07) is 18.4. The minimum atomic E-state index is -0.409. The molecule has 1 aliphatic rings. The van der Waals surface area contributed by atoms with E-state index in [4.69, 9.17) is 12.2 Å². The van der Waals surface area contributed by atoms with Gasteiger partial charge < -0.3 is 15.3 Å². The van der Waals surface area contributed by atoms with Crippen molar-refractivity contribution in [1.29, 1.82) is 0 Å². The molecule has 23 heavy (non-hydrogen) atoms. The van der Waals surface area contributed by atoms with Gasteiger partial charge in [-0.05, 0) is 41.7 Å². The lowest BCUT2D eigenvalue weighted by atomic mass is 9.86. The highest BCUT2D eigenvalue weighted by Gasteiger charge is 2.28. The van der Waals surface area contributed by atoms with Crippen molar-refractivity contribution in [1.82, 2.24) is 10.2 Å². The van der Waals surface area contributed by atoms with E-state index in [1.165, 1.54) is 11.1 Å². The summed E-state index contributed by atoms with van der Waals surface area (Å²) >= 11 is 5.54. The third-order valence-electron chi connectivity index (χ3n) is 4.37. The van der Waals surface area contributed by atoms with Crippen molar-refractivity contribution in [2.45, 2.75) is 31.5 Å². The lowest BCUT2D eigenvalue weighted by molar-refractivity contribution is 0.118. The number of hydrogen-bond donors (Lipinski definition) is 2. The van der Waals surface area contributed by atoms with E-state index in [1.54, 1.807) is 0 Å². The first-order chi connectivity index (χ1) is 11.1. The quantitative estimate of drug-likeness (QED) is 0.850. The first-order valence-electron chi connectivity index (χ1n) is 7.96. The van der Waals surface area contributed by atoms with Crippen molar-refractivity contribution >= 4 is 17.3 Å². The monoisotopic (exact) mass is 326 g/mol. The van der Waals surface area contributed by atoms with Gasteiger partial charge >= 0.3 is 0 Å². The third-order valence-corrected chi connectivity index (χ3v) is 4.80. The van der Waals surface area contributed by atoms with Gasteiger partial charge in [-0.25, -0.2) is 0 Å². The van der Waals surface area contributed by atoms with Crippen molar-refractivity contribution in [2.24, 2.45) is 0 Å². The number of fused-ring (bicyclic) bond motifs is 1. The number of aliphatic hydroxyl groups is 1. The van der Waals surface area contributed by atoms with Gasteiger partial charge in [0, 0.05) is 13.6 Å². The van der Waals surface area contributed by atoms with Crippen LogP contribution in [0.5, 0.6) is 0 Å². The summed E-state index contributed by atoms with van der Waals surface area (Å²) in [7, 11) is 1.98. The van der Waals surface area contributed by atoms with E-state index in [0.29, 0.717) is 5.11 Å². The minimum Gasteiger partial charge on any atom is -0.391 e. The van der Waals surface area contributed by atoms with Crippen LogP contribution in [0, 0.1) is 0 Å². The van der Waals surface area contributed by atoms with Crippen LogP contribution in [0.1, 0.15) is 29.2 Å². The maximum atomic E-state index is 10.4. The molecule has 1 unspecified atom stereocenters. The lowest BCUT2D eigenvalue weighted by Gasteiger charge is -2.33. The van der Waals surface area contributed by atoms with Crippen LogP contribution in [0.4, 0.5) is 0 Å². The Balaban J connectivity index is 1.70. The Bertz CT molecular complexity index is 674. The molecule has 2 N–H and O–H groups in total. The van der Waals surface area contributed by atoms with Crippen molar-refractivity contribution in [2.75, 3.05) is 7.05 Å².